The van der Waals surface area contributed by atoms with Crippen LogP contribution in [0.5, 0.6) is 0 Å². The fourth-order valence-corrected chi connectivity index (χ4v) is 3.18. The molecule has 0 N–H and O–H groups in total. The normalized spacial score (nSPS) is 19.5. The highest BCUT2D eigenvalue weighted by molar-refractivity contribution is 7.81. The predicted octanol–water partition coefficient (Wildman–Crippen LogP) is 2.85. The summed E-state index contributed by atoms with van der Waals surface area (Å²) in [6.45, 7) is 0.656. The van der Waals surface area contributed by atoms with Crippen LogP contribution in [0.25, 0.3) is 11.3 Å². The lowest BCUT2D eigenvalue weighted by Crippen LogP contribution is -2.24. The molecule has 5 heteroatoms. The van der Waals surface area contributed by atoms with Crippen molar-refractivity contribution in [2.75, 3.05) is 11.4 Å². The van der Waals surface area contributed by atoms with Gasteiger partial charge in [0.2, 0.25) is 5.91 Å². The number of thiazole rings is 1. The van der Waals surface area contributed by atoms with Crippen molar-refractivity contribution in [3.63, 3.8) is 0 Å². The summed E-state index contributed by atoms with van der Waals surface area (Å²) >= 11 is 5.86. The minimum Gasteiger partial charge on any atom is -0.287 e. The zero-order valence-electron chi connectivity index (χ0n) is 9.61. The number of amides is 1. The van der Waals surface area contributed by atoms with Crippen molar-refractivity contribution in [3.05, 3.63) is 35.7 Å². The Kier molecular flexibility index (Phi) is 3.09. The van der Waals surface area contributed by atoms with Gasteiger partial charge in [0, 0.05) is 29.2 Å². The van der Waals surface area contributed by atoms with Crippen molar-refractivity contribution in [2.24, 2.45) is 0 Å². The molecular formula is C13H12N2OS2. The van der Waals surface area contributed by atoms with Crippen LogP contribution in [0.1, 0.15) is 6.42 Å². The predicted molar refractivity (Wildman–Crippen MR) is 77.3 cm³/mol. The number of hydrogen-bond acceptors (Lipinski definition) is 4. The van der Waals surface area contributed by atoms with E-state index in [0.717, 1.165) is 16.4 Å². The first-order chi connectivity index (χ1) is 8.74. The number of thiol groups is 1. The average molecular weight is 276 g/mol. The zero-order chi connectivity index (χ0) is 12.5. The Morgan fingerprint density at radius 2 is 2.11 bits per heavy atom. The van der Waals surface area contributed by atoms with E-state index in [1.165, 1.54) is 11.3 Å². The molecule has 1 saturated heterocycles. The van der Waals surface area contributed by atoms with Crippen molar-refractivity contribution in [1.29, 1.82) is 0 Å². The highest BCUT2D eigenvalue weighted by Gasteiger charge is 2.30. The van der Waals surface area contributed by atoms with E-state index in [-0.39, 0.29) is 11.2 Å². The molecular weight excluding hydrogens is 264 g/mol. The standard InChI is InChI=1S/C13H12N2OS2/c16-12-6-10(17)7-15(12)13-14-11(8-18-13)9-4-2-1-3-5-9/h1-5,8,10,17H,6-7H2. The van der Waals surface area contributed by atoms with Gasteiger partial charge in [-0.1, -0.05) is 30.3 Å². The summed E-state index contributed by atoms with van der Waals surface area (Å²) in [4.78, 5) is 18.0. The van der Waals surface area contributed by atoms with Gasteiger partial charge in [-0.25, -0.2) is 4.98 Å². The summed E-state index contributed by atoms with van der Waals surface area (Å²) in [6.07, 6.45) is 0.503. The van der Waals surface area contributed by atoms with Crippen molar-refractivity contribution < 1.29 is 4.79 Å². The summed E-state index contributed by atoms with van der Waals surface area (Å²) in [5.41, 5.74) is 2.00. The van der Waals surface area contributed by atoms with Crippen LogP contribution in [0.3, 0.4) is 0 Å². The van der Waals surface area contributed by atoms with Crippen LogP contribution in [-0.4, -0.2) is 22.7 Å². The molecule has 1 aromatic carbocycles. The fraction of sp³-hybridized carbons (Fsp3) is 0.231. The minimum absolute atomic E-state index is 0.115. The van der Waals surface area contributed by atoms with Gasteiger partial charge in [0.1, 0.15) is 0 Å². The highest BCUT2D eigenvalue weighted by atomic mass is 32.1. The van der Waals surface area contributed by atoms with E-state index in [1.807, 2.05) is 35.7 Å². The number of carbonyl (C=O) groups excluding carboxylic acids is 1. The van der Waals surface area contributed by atoms with Crippen molar-refractivity contribution in [2.45, 2.75) is 11.7 Å². The van der Waals surface area contributed by atoms with Gasteiger partial charge in [0.25, 0.3) is 0 Å². The number of hydrogen-bond donors (Lipinski definition) is 1. The maximum absolute atomic E-state index is 11.8. The van der Waals surface area contributed by atoms with Crippen LogP contribution in [0.15, 0.2) is 35.7 Å². The fourth-order valence-electron chi connectivity index (χ4n) is 2.00. The first-order valence-electron chi connectivity index (χ1n) is 5.73. The van der Waals surface area contributed by atoms with Crippen LogP contribution in [0.4, 0.5) is 5.13 Å². The molecule has 18 heavy (non-hydrogen) atoms. The molecule has 1 aliphatic rings. The molecule has 2 aromatic rings. The topological polar surface area (TPSA) is 33.2 Å². The summed E-state index contributed by atoms with van der Waals surface area (Å²) < 4.78 is 0. The molecule has 0 bridgehead atoms. The molecule has 0 saturated carbocycles. The molecule has 3 nitrogen and oxygen atoms in total. The lowest BCUT2D eigenvalue weighted by Gasteiger charge is -2.10. The number of carbonyl (C=O) groups is 1. The van der Waals surface area contributed by atoms with Gasteiger partial charge >= 0.3 is 0 Å². The number of nitrogens with zero attached hydrogens (tertiary/aromatic N) is 2. The first-order valence-corrected chi connectivity index (χ1v) is 7.13. The van der Waals surface area contributed by atoms with Crippen LogP contribution in [-0.2, 0) is 4.79 Å². The van der Waals surface area contributed by atoms with Gasteiger partial charge in [-0.3, -0.25) is 9.69 Å². The van der Waals surface area contributed by atoms with E-state index in [9.17, 15) is 4.79 Å². The molecule has 0 aliphatic carbocycles. The number of benzene rings is 1. The van der Waals surface area contributed by atoms with Crippen LogP contribution < -0.4 is 4.90 Å². The van der Waals surface area contributed by atoms with Crippen molar-refractivity contribution in [1.82, 2.24) is 4.98 Å². The number of rotatable bonds is 2. The SMILES string of the molecule is O=C1CC(S)CN1c1nc(-c2ccccc2)cs1. The Balaban J connectivity index is 1.88. The van der Waals surface area contributed by atoms with E-state index < -0.39 is 0 Å². The van der Waals surface area contributed by atoms with Gasteiger partial charge in [-0.05, 0) is 0 Å². The molecule has 0 radical (unpaired) electrons. The molecule has 1 fully saturated rings. The Morgan fingerprint density at radius 3 is 2.78 bits per heavy atom. The quantitative estimate of drug-likeness (QED) is 0.856. The lowest BCUT2D eigenvalue weighted by atomic mass is 10.2. The number of anilines is 1. The molecule has 1 atom stereocenters. The largest absolute Gasteiger partial charge is 0.287 e. The third-order valence-electron chi connectivity index (χ3n) is 2.90. The highest BCUT2D eigenvalue weighted by Crippen LogP contribution is 2.30. The Morgan fingerprint density at radius 1 is 1.33 bits per heavy atom. The van der Waals surface area contributed by atoms with Crippen LogP contribution >= 0.6 is 24.0 Å². The Hall–Kier alpha value is -1.33. The lowest BCUT2D eigenvalue weighted by molar-refractivity contribution is -0.117. The minimum atomic E-state index is 0.115. The second-order valence-electron chi connectivity index (χ2n) is 4.24. The summed E-state index contributed by atoms with van der Waals surface area (Å²) in [5, 5.41) is 2.89. The molecule has 1 aliphatic heterocycles. The van der Waals surface area contributed by atoms with Gasteiger partial charge < -0.3 is 0 Å². The Labute approximate surface area is 115 Å². The maximum atomic E-state index is 11.8. The second kappa shape index (κ2) is 4.74. The van der Waals surface area contributed by atoms with Gasteiger partial charge in [-0.15, -0.1) is 11.3 Å². The number of aromatic nitrogens is 1. The van der Waals surface area contributed by atoms with E-state index in [0.29, 0.717) is 13.0 Å². The van der Waals surface area contributed by atoms with Crippen LogP contribution in [0, 0.1) is 0 Å². The third-order valence-corrected chi connectivity index (χ3v) is 4.11. The van der Waals surface area contributed by atoms with Crippen molar-refractivity contribution >= 4 is 35.0 Å². The summed E-state index contributed by atoms with van der Waals surface area (Å²) in [6, 6.07) is 9.99. The summed E-state index contributed by atoms with van der Waals surface area (Å²) in [7, 11) is 0. The maximum Gasteiger partial charge on any atom is 0.229 e. The molecule has 1 amide bonds. The van der Waals surface area contributed by atoms with E-state index in [4.69, 9.17) is 0 Å². The monoisotopic (exact) mass is 276 g/mol. The second-order valence-corrected chi connectivity index (χ2v) is 5.81. The third kappa shape index (κ3) is 2.15. The van der Waals surface area contributed by atoms with E-state index >= 15 is 0 Å². The first kappa shape index (κ1) is 11.7. The van der Waals surface area contributed by atoms with Crippen LogP contribution in [0.2, 0.25) is 0 Å². The van der Waals surface area contributed by atoms with Crippen molar-refractivity contribution in [3.8, 4) is 11.3 Å². The van der Waals surface area contributed by atoms with Gasteiger partial charge in [-0.2, -0.15) is 12.6 Å². The smallest absolute Gasteiger partial charge is 0.229 e. The molecule has 3 rings (SSSR count). The molecule has 2 heterocycles. The molecule has 1 aromatic heterocycles. The van der Waals surface area contributed by atoms with E-state index in [2.05, 4.69) is 17.6 Å². The molecule has 92 valence electrons. The van der Waals surface area contributed by atoms with Gasteiger partial charge in [0.05, 0.1) is 5.69 Å². The molecule has 1 unspecified atom stereocenters. The van der Waals surface area contributed by atoms with E-state index in [1.54, 1.807) is 4.90 Å². The average Bonchev–Trinajstić information content (AvgIpc) is 2.97. The Bertz CT molecular complexity index is 567. The zero-order valence-corrected chi connectivity index (χ0v) is 11.3. The molecule has 0 spiro atoms. The van der Waals surface area contributed by atoms with Gasteiger partial charge in [0.15, 0.2) is 5.13 Å². The summed E-state index contributed by atoms with van der Waals surface area (Å²) in [5.74, 6) is 0.115.